The van der Waals surface area contributed by atoms with Gasteiger partial charge in [0.25, 0.3) is 0 Å². The molecule has 0 bridgehead atoms. The summed E-state index contributed by atoms with van der Waals surface area (Å²) in [4.78, 5) is 12.0. The number of ether oxygens (including phenoxy) is 1. The maximum atomic E-state index is 12.0. The average molecular weight is 540 g/mol. The van der Waals surface area contributed by atoms with Gasteiger partial charge in [0.15, 0.2) is 14.7 Å². The number of carbonyl (C=O) groups excluding carboxylic acids is 1. The highest BCUT2D eigenvalue weighted by Crippen LogP contribution is 2.35. The second-order valence-corrected chi connectivity index (χ2v) is 11.5. The fourth-order valence-electron chi connectivity index (χ4n) is 3.16. The molecule has 0 spiro atoms. The van der Waals surface area contributed by atoms with E-state index in [2.05, 4.69) is 82.0 Å². The summed E-state index contributed by atoms with van der Waals surface area (Å²) >= 11 is 0. The molecule has 2 atom stereocenters. The van der Waals surface area contributed by atoms with Crippen LogP contribution in [-0.4, -0.2) is 70.8 Å². The molecular formula is C30H56N2O4P+. The zero-order valence-corrected chi connectivity index (χ0v) is 25.5. The number of quaternary nitrogens is 1. The first kappa shape index (κ1) is 35.7. The van der Waals surface area contributed by atoms with Crippen molar-refractivity contribution < 1.29 is 23.1 Å². The second-order valence-electron chi connectivity index (χ2n) is 10.2. The van der Waals surface area contributed by atoms with Crippen LogP contribution in [0, 0.1) is 0 Å². The van der Waals surface area contributed by atoms with Crippen LogP contribution in [0.3, 0.4) is 0 Å². The maximum absolute atomic E-state index is 12.0. The zero-order chi connectivity index (χ0) is 27.6. The normalized spacial score (nSPS) is 14.4. The van der Waals surface area contributed by atoms with Crippen LogP contribution in [0.5, 0.6) is 0 Å². The van der Waals surface area contributed by atoms with E-state index in [1.54, 1.807) is 0 Å². The Bertz CT molecular complexity index is 656. The van der Waals surface area contributed by atoms with Crippen molar-refractivity contribution in [2.45, 2.75) is 84.3 Å². The third-order valence-electron chi connectivity index (χ3n) is 5.34. The van der Waals surface area contributed by atoms with Crippen molar-refractivity contribution in [2.75, 3.05) is 54.1 Å². The van der Waals surface area contributed by atoms with Crippen molar-refractivity contribution in [2.24, 2.45) is 0 Å². The summed E-state index contributed by atoms with van der Waals surface area (Å²) in [5, 5.41) is 2.90. The molecule has 37 heavy (non-hydrogen) atoms. The number of hydrogen-bond donors (Lipinski definition) is 1. The van der Waals surface area contributed by atoms with Crippen LogP contribution in [0.4, 0.5) is 0 Å². The van der Waals surface area contributed by atoms with Crippen molar-refractivity contribution in [1.82, 2.24) is 5.32 Å². The molecule has 0 saturated heterocycles. The molecule has 0 aromatic heterocycles. The van der Waals surface area contributed by atoms with Gasteiger partial charge in [-0.25, -0.2) is 0 Å². The Morgan fingerprint density at radius 1 is 0.865 bits per heavy atom. The van der Waals surface area contributed by atoms with E-state index in [1.165, 1.54) is 25.7 Å². The molecular weight excluding hydrogens is 483 g/mol. The Morgan fingerprint density at radius 2 is 1.43 bits per heavy atom. The van der Waals surface area contributed by atoms with Crippen LogP contribution in [-0.2, 0) is 18.6 Å². The lowest BCUT2D eigenvalue weighted by Crippen LogP contribution is -2.37. The van der Waals surface area contributed by atoms with Gasteiger partial charge in [-0.05, 0) is 51.9 Å². The van der Waals surface area contributed by atoms with E-state index in [0.717, 1.165) is 43.1 Å². The molecule has 0 heterocycles. The van der Waals surface area contributed by atoms with Crippen LogP contribution in [0.1, 0.15) is 78.1 Å². The van der Waals surface area contributed by atoms with Gasteiger partial charge in [0, 0.05) is 19.6 Å². The first-order valence-electron chi connectivity index (χ1n) is 14.1. The van der Waals surface area contributed by atoms with E-state index in [0.29, 0.717) is 26.2 Å². The number of carbonyl (C=O) groups is 1. The van der Waals surface area contributed by atoms with Crippen molar-refractivity contribution in [3.8, 4) is 0 Å². The first-order chi connectivity index (χ1) is 17.7. The smallest absolute Gasteiger partial charge is 0.220 e. The predicted molar refractivity (Wildman–Crippen MR) is 160 cm³/mol. The molecule has 0 aliphatic heterocycles. The van der Waals surface area contributed by atoms with Gasteiger partial charge in [-0.15, -0.1) is 0 Å². The molecule has 0 aliphatic carbocycles. The number of allylic oxidation sites excluding steroid dienone is 8. The van der Waals surface area contributed by atoms with E-state index in [-0.39, 0.29) is 12.2 Å². The van der Waals surface area contributed by atoms with Crippen LogP contribution in [0.2, 0.25) is 0 Å². The number of unbranched alkanes of at least 4 members (excludes halogenated alkanes) is 4. The van der Waals surface area contributed by atoms with Crippen LogP contribution < -0.4 is 5.32 Å². The summed E-state index contributed by atoms with van der Waals surface area (Å²) in [7, 11) is 5.43. The van der Waals surface area contributed by atoms with Crippen molar-refractivity contribution in [3.05, 3.63) is 48.6 Å². The van der Waals surface area contributed by atoms with E-state index in [4.69, 9.17) is 13.8 Å². The van der Waals surface area contributed by atoms with Crippen molar-refractivity contribution >= 4 is 14.3 Å². The molecule has 0 fully saturated rings. The largest absolute Gasteiger partial charge is 0.354 e. The highest BCUT2D eigenvalue weighted by molar-refractivity contribution is 7.46. The molecule has 7 heteroatoms. The molecule has 0 aromatic rings. The summed E-state index contributed by atoms with van der Waals surface area (Å²) < 4.78 is 17.9. The Morgan fingerprint density at radius 3 is 2.00 bits per heavy atom. The number of nitrogens with one attached hydrogen (secondary N) is 1. The average Bonchev–Trinajstić information content (AvgIpc) is 2.83. The molecule has 1 N–H and O–H groups in total. The molecule has 6 nitrogen and oxygen atoms in total. The molecule has 0 aromatic carbocycles. The van der Waals surface area contributed by atoms with Gasteiger partial charge in [-0.1, -0.05) is 68.4 Å². The van der Waals surface area contributed by atoms with E-state index < -0.39 is 8.38 Å². The molecule has 0 radical (unpaired) electrons. The molecule has 0 rings (SSSR count). The van der Waals surface area contributed by atoms with Gasteiger partial charge < -0.3 is 23.6 Å². The summed E-state index contributed by atoms with van der Waals surface area (Å²) in [6.07, 6.45) is 27.8. The summed E-state index contributed by atoms with van der Waals surface area (Å²) in [6, 6.07) is 0. The summed E-state index contributed by atoms with van der Waals surface area (Å²) in [6.45, 7) is 8.53. The number of likely N-dealkylation sites (N-methyl/N-ethyl adjacent to an activating group) is 1. The minimum Gasteiger partial charge on any atom is -0.354 e. The van der Waals surface area contributed by atoms with E-state index in [9.17, 15) is 4.79 Å². The van der Waals surface area contributed by atoms with Gasteiger partial charge >= 0.3 is 0 Å². The van der Waals surface area contributed by atoms with E-state index in [1.807, 2.05) is 13.6 Å². The first-order valence-corrected chi connectivity index (χ1v) is 15.7. The minimum absolute atomic E-state index is 0.0643. The Kier molecular flexibility index (Phi) is 24.1. The fraction of sp³-hybridized carbons (Fsp3) is 0.700. The number of nitrogens with zero attached hydrogens (tertiary/aromatic N) is 1. The summed E-state index contributed by atoms with van der Waals surface area (Å²) in [5.74, 6) is 0.0643. The van der Waals surface area contributed by atoms with E-state index >= 15 is 0 Å². The van der Waals surface area contributed by atoms with Crippen LogP contribution in [0.15, 0.2) is 48.6 Å². The van der Waals surface area contributed by atoms with Crippen molar-refractivity contribution in [1.29, 1.82) is 0 Å². The number of amides is 1. The second kappa shape index (κ2) is 25.0. The number of rotatable bonds is 24. The molecule has 1 amide bonds. The van der Waals surface area contributed by atoms with Crippen LogP contribution >= 0.6 is 8.38 Å². The third-order valence-corrected chi connectivity index (χ3v) is 6.48. The predicted octanol–water partition coefficient (Wildman–Crippen LogP) is 7.29. The topological polar surface area (TPSA) is 56.8 Å². The monoisotopic (exact) mass is 539 g/mol. The van der Waals surface area contributed by atoms with Gasteiger partial charge in [0.05, 0.1) is 27.7 Å². The van der Waals surface area contributed by atoms with Gasteiger partial charge in [-0.2, -0.15) is 0 Å². The highest BCUT2D eigenvalue weighted by atomic mass is 31.2. The van der Waals surface area contributed by atoms with Gasteiger partial charge in [0.2, 0.25) is 5.91 Å². The Hall–Kier alpha value is -1.30. The number of hydrogen-bond acceptors (Lipinski definition) is 4. The fourth-order valence-corrected chi connectivity index (χ4v) is 4.04. The van der Waals surface area contributed by atoms with Crippen molar-refractivity contribution in [3.63, 3.8) is 0 Å². The lowest BCUT2D eigenvalue weighted by atomic mass is 10.2. The minimum atomic E-state index is -0.968. The standard InChI is InChI=1S/C30H55N2O4P/c1-7-8-9-10-11-12-13-14-15-16-17-18-19-20-21-22-23-24-30(33)31-25-27-34-29(2)36-37(6)35-28-26-32(3,4)5/h11-12,14-15,17-18,20-21,29H,7-10,13,16,19,22-28H2,1-6H3/p+1/b12-11-,15-14-,18-17-,21-20-. The zero-order valence-electron chi connectivity index (χ0n) is 24.6. The lowest BCUT2D eigenvalue weighted by molar-refractivity contribution is -0.870. The van der Waals surface area contributed by atoms with Crippen LogP contribution in [0.25, 0.3) is 0 Å². The Labute approximate surface area is 229 Å². The molecule has 0 aliphatic rings. The Balaban J connectivity index is 3.61. The highest BCUT2D eigenvalue weighted by Gasteiger charge is 2.13. The van der Waals surface area contributed by atoms with Gasteiger partial charge in [-0.3, -0.25) is 4.79 Å². The quantitative estimate of drug-likeness (QED) is 0.0460. The summed E-state index contributed by atoms with van der Waals surface area (Å²) in [5.41, 5.74) is 0. The van der Waals surface area contributed by atoms with Gasteiger partial charge in [0.1, 0.15) is 13.2 Å². The third kappa shape index (κ3) is 29.1. The molecule has 214 valence electrons. The molecule has 0 saturated carbocycles. The SMILES string of the molecule is CCCCC/C=C\C/C=C\C/C=C\C/C=C\CCCC(=O)NCCOC(C)OP(C)OCC[N+](C)(C)C. The lowest BCUT2D eigenvalue weighted by Gasteiger charge is -2.25. The molecule has 2 unspecified atom stereocenters. The maximum Gasteiger partial charge on any atom is 0.220 e.